The van der Waals surface area contributed by atoms with Crippen molar-refractivity contribution in [3.05, 3.63) is 52.5 Å². The van der Waals surface area contributed by atoms with E-state index in [1.165, 1.54) is 0 Å². The summed E-state index contributed by atoms with van der Waals surface area (Å²) in [7, 11) is 0. The van der Waals surface area contributed by atoms with Crippen molar-refractivity contribution in [2.75, 3.05) is 11.1 Å². The number of carbonyl (C=O) groups excluding carboxylic acids is 1. The van der Waals surface area contributed by atoms with Crippen molar-refractivity contribution in [2.45, 2.75) is 13.8 Å². The van der Waals surface area contributed by atoms with Crippen LogP contribution in [0, 0.1) is 13.8 Å². The maximum Gasteiger partial charge on any atom is 0.255 e. The van der Waals surface area contributed by atoms with Crippen molar-refractivity contribution in [1.82, 2.24) is 4.98 Å². The van der Waals surface area contributed by atoms with Crippen LogP contribution < -0.4 is 11.1 Å². The maximum atomic E-state index is 12.2. The topological polar surface area (TPSA) is 68.0 Å². The summed E-state index contributed by atoms with van der Waals surface area (Å²) >= 11 is 1.61. The second-order valence-corrected chi connectivity index (χ2v) is 6.18. The highest BCUT2D eigenvalue weighted by atomic mass is 32.1. The van der Waals surface area contributed by atoms with Crippen LogP contribution in [0.5, 0.6) is 0 Å². The Morgan fingerprint density at radius 1 is 1.19 bits per heavy atom. The number of aryl methyl sites for hydroxylation is 2. The lowest BCUT2D eigenvalue weighted by Crippen LogP contribution is -2.12. The first-order valence-corrected chi connectivity index (χ1v) is 7.39. The molecule has 0 fully saturated rings. The molecule has 0 spiro atoms. The van der Waals surface area contributed by atoms with Gasteiger partial charge in [-0.3, -0.25) is 4.79 Å². The van der Waals surface area contributed by atoms with Crippen LogP contribution in [0.4, 0.5) is 11.4 Å². The molecule has 3 rings (SSSR count). The Labute approximate surface area is 126 Å². The molecule has 3 N–H and O–H groups in total. The van der Waals surface area contributed by atoms with Gasteiger partial charge in [-0.25, -0.2) is 4.98 Å². The summed E-state index contributed by atoms with van der Waals surface area (Å²) in [5, 5.41) is 3.90. The zero-order valence-corrected chi connectivity index (χ0v) is 12.6. The Morgan fingerprint density at radius 2 is 2.00 bits per heavy atom. The van der Waals surface area contributed by atoms with E-state index in [1.807, 2.05) is 38.1 Å². The molecule has 0 atom stereocenters. The number of nitrogen functional groups attached to an aromatic ring is 1. The zero-order chi connectivity index (χ0) is 15.0. The standard InChI is InChI=1S/C16H15N3OS/c1-9-3-4-11(7-13(9)17)16(20)19-12-5-6-14-15(8-12)21-10(2)18-14/h3-8H,17H2,1-2H3,(H,19,20). The SMILES string of the molecule is Cc1nc2ccc(NC(=O)c3ccc(C)c(N)c3)cc2s1. The lowest BCUT2D eigenvalue weighted by molar-refractivity contribution is 0.102. The zero-order valence-electron chi connectivity index (χ0n) is 11.8. The molecule has 0 unspecified atom stereocenters. The fourth-order valence-corrected chi connectivity index (χ4v) is 2.97. The summed E-state index contributed by atoms with van der Waals surface area (Å²) in [5.74, 6) is -0.165. The monoisotopic (exact) mass is 297 g/mol. The van der Waals surface area contributed by atoms with E-state index >= 15 is 0 Å². The minimum atomic E-state index is -0.165. The van der Waals surface area contributed by atoms with E-state index in [0.29, 0.717) is 11.3 Å². The third kappa shape index (κ3) is 2.73. The van der Waals surface area contributed by atoms with E-state index in [0.717, 1.165) is 26.5 Å². The molecular formula is C16H15N3OS. The van der Waals surface area contributed by atoms with E-state index in [2.05, 4.69) is 10.3 Å². The number of anilines is 2. The van der Waals surface area contributed by atoms with Crippen LogP contribution >= 0.6 is 11.3 Å². The lowest BCUT2D eigenvalue weighted by Gasteiger charge is -2.07. The molecule has 3 aromatic rings. The van der Waals surface area contributed by atoms with E-state index in [4.69, 9.17) is 5.73 Å². The number of nitrogens with two attached hydrogens (primary N) is 1. The van der Waals surface area contributed by atoms with Gasteiger partial charge in [0.1, 0.15) is 0 Å². The third-order valence-electron chi connectivity index (χ3n) is 3.29. The van der Waals surface area contributed by atoms with Crippen LogP contribution in [-0.4, -0.2) is 10.9 Å². The number of hydrogen-bond acceptors (Lipinski definition) is 4. The van der Waals surface area contributed by atoms with Crippen molar-refractivity contribution < 1.29 is 4.79 Å². The molecule has 2 aromatic carbocycles. The molecule has 106 valence electrons. The highest BCUT2D eigenvalue weighted by molar-refractivity contribution is 7.18. The molecule has 5 heteroatoms. The normalized spacial score (nSPS) is 10.8. The number of benzene rings is 2. The number of rotatable bonds is 2. The van der Waals surface area contributed by atoms with Crippen LogP contribution in [0.2, 0.25) is 0 Å². The highest BCUT2D eigenvalue weighted by Crippen LogP contribution is 2.25. The third-order valence-corrected chi connectivity index (χ3v) is 4.23. The van der Waals surface area contributed by atoms with Gasteiger partial charge in [0.25, 0.3) is 5.91 Å². The van der Waals surface area contributed by atoms with E-state index in [1.54, 1.807) is 23.5 Å². The van der Waals surface area contributed by atoms with Gasteiger partial charge in [0.05, 0.1) is 15.2 Å². The molecule has 0 aliphatic heterocycles. The largest absolute Gasteiger partial charge is 0.398 e. The van der Waals surface area contributed by atoms with Crippen molar-refractivity contribution in [3.8, 4) is 0 Å². The molecule has 1 aromatic heterocycles. The molecule has 0 aliphatic carbocycles. The van der Waals surface area contributed by atoms with Gasteiger partial charge >= 0.3 is 0 Å². The Kier molecular flexibility index (Phi) is 3.35. The van der Waals surface area contributed by atoms with Crippen molar-refractivity contribution in [2.24, 2.45) is 0 Å². The van der Waals surface area contributed by atoms with Gasteiger partial charge in [0, 0.05) is 16.9 Å². The molecule has 21 heavy (non-hydrogen) atoms. The van der Waals surface area contributed by atoms with E-state index in [9.17, 15) is 4.79 Å². The maximum absolute atomic E-state index is 12.2. The molecule has 0 saturated carbocycles. The Hall–Kier alpha value is -2.40. The minimum absolute atomic E-state index is 0.165. The number of hydrogen-bond donors (Lipinski definition) is 2. The number of thiazole rings is 1. The van der Waals surface area contributed by atoms with Gasteiger partial charge in [-0.1, -0.05) is 6.07 Å². The van der Waals surface area contributed by atoms with Crippen LogP contribution in [0.25, 0.3) is 10.2 Å². The van der Waals surface area contributed by atoms with Gasteiger partial charge < -0.3 is 11.1 Å². The number of aromatic nitrogens is 1. The summed E-state index contributed by atoms with van der Waals surface area (Å²) in [6, 6.07) is 11.0. The fourth-order valence-electron chi connectivity index (χ4n) is 2.10. The predicted octanol–water partition coefficient (Wildman–Crippen LogP) is 3.75. The second kappa shape index (κ2) is 5.18. The Morgan fingerprint density at radius 3 is 2.76 bits per heavy atom. The van der Waals surface area contributed by atoms with Crippen LogP contribution in [0.1, 0.15) is 20.9 Å². The van der Waals surface area contributed by atoms with Crippen molar-refractivity contribution >= 4 is 38.8 Å². The highest BCUT2D eigenvalue weighted by Gasteiger charge is 2.09. The van der Waals surface area contributed by atoms with Gasteiger partial charge in [-0.15, -0.1) is 11.3 Å². The number of nitrogens with zero attached hydrogens (tertiary/aromatic N) is 1. The molecular weight excluding hydrogens is 282 g/mol. The summed E-state index contributed by atoms with van der Waals surface area (Å²) in [6.07, 6.45) is 0. The Bertz CT molecular complexity index is 839. The summed E-state index contributed by atoms with van der Waals surface area (Å²) < 4.78 is 1.06. The summed E-state index contributed by atoms with van der Waals surface area (Å²) in [6.45, 7) is 3.88. The fraction of sp³-hybridized carbons (Fsp3) is 0.125. The summed E-state index contributed by atoms with van der Waals surface area (Å²) in [5.41, 5.74) is 9.70. The van der Waals surface area contributed by atoms with Gasteiger partial charge in [0.15, 0.2) is 0 Å². The van der Waals surface area contributed by atoms with E-state index in [-0.39, 0.29) is 5.91 Å². The quantitative estimate of drug-likeness (QED) is 0.708. The average Bonchev–Trinajstić information content (AvgIpc) is 2.81. The first-order valence-electron chi connectivity index (χ1n) is 6.57. The molecule has 0 aliphatic rings. The van der Waals surface area contributed by atoms with Crippen molar-refractivity contribution in [3.63, 3.8) is 0 Å². The summed E-state index contributed by atoms with van der Waals surface area (Å²) in [4.78, 5) is 16.6. The first kappa shape index (κ1) is 13.6. The van der Waals surface area contributed by atoms with Crippen LogP contribution in [0.3, 0.4) is 0 Å². The predicted molar refractivity (Wildman–Crippen MR) is 87.9 cm³/mol. The second-order valence-electron chi connectivity index (χ2n) is 4.94. The van der Waals surface area contributed by atoms with Crippen LogP contribution in [0.15, 0.2) is 36.4 Å². The number of carbonyl (C=O) groups is 1. The van der Waals surface area contributed by atoms with E-state index < -0.39 is 0 Å². The Balaban J connectivity index is 1.86. The molecule has 0 bridgehead atoms. The molecule has 0 saturated heterocycles. The van der Waals surface area contributed by atoms with Crippen LogP contribution in [-0.2, 0) is 0 Å². The molecule has 1 heterocycles. The molecule has 1 amide bonds. The van der Waals surface area contributed by atoms with Gasteiger partial charge in [-0.05, 0) is 49.7 Å². The number of amides is 1. The average molecular weight is 297 g/mol. The van der Waals surface area contributed by atoms with Gasteiger partial charge in [-0.2, -0.15) is 0 Å². The molecule has 4 nitrogen and oxygen atoms in total. The minimum Gasteiger partial charge on any atom is -0.398 e. The van der Waals surface area contributed by atoms with Gasteiger partial charge in [0.2, 0.25) is 0 Å². The number of nitrogens with one attached hydrogen (secondary N) is 1. The molecule has 0 radical (unpaired) electrons. The van der Waals surface area contributed by atoms with Crippen molar-refractivity contribution in [1.29, 1.82) is 0 Å². The number of fused-ring (bicyclic) bond motifs is 1. The first-order chi connectivity index (χ1) is 10.0. The smallest absolute Gasteiger partial charge is 0.255 e. The lowest BCUT2D eigenvalue weighted by atomic mass is 10.1.